The monoisotopic (exact) mass is 228 g/mol. The van der Waals surface area contributed by atoms with E-state index in [1.54, 1.807) is 0 Å². The topological polar surface area (TPSA) is 55.1 Å². The van der Waals surface area contributed by atoms with E-state index in [9.17, 15) is 4.79 Å². The molecular weight excluding hydrogens is 208 g/mol. The first-order chi connectivity index (χ1) is 7.27. The van der Waals surface area contributed by atoms with E-state index >= 15 is 0 Å². The Morgan fingerprint density at radius 1 is 1.47 bits per heavy atom. The highest BCUT2D eigenvalue weighted by Gasteiger charge is 2.43. The van der Waals surface area contributed by atoms with Crippen molar-refractivity contribution in [3.63, 3.8) is 0 Å². The average Bonchev–Trinajstić information content (AvgIpc) is 2.18. The Morgan fingerprint density at radius 2 is 2.27 bits per heavy atom. The second kappa shape index (κ2) is 4.74. The van der Waals surface area contributed by atoms with E-state index < -0.39 is 0 Å². The Hall–Kier alpha value is -0.220. The largest absolute Gasteiger partial charge is 0.352 e. The third-order valence-corrected chi connectivity index (χ3v) is 4.89. The van der Waals surface area contributed by atoms with Gasteiger partial charge in [-0.15, -0.1) is 0 Å². The standard InChI is InChI=1S/C11H20N2OS/c12-8-11(4-2-5-11)10(14)13-9-3-1-6-15-7-9/h9H,1-8,12H2,(H,13,14). The van der Waals surface area contributed by atoms with Crippen LogP contribution in [0.15, 0.2) is 0 Å². The summed E-state index contributed by atoms with van der Waals surface area (Å²) in [6, 6.07) is 0.389. The molecule has 0 bridgehead atoms. The van der Waals surface area contributed by atoms with Crippen molar-refractivity contribution >= 4 is 17.7 Å². The van der Waals surface area contributed by atoms with Crippen LogP contribution in [0.4, 0.5) is 0 Å². The van der Waals surface area contributed by atoms with Crippen LogP contribution in [0.1, 0.15) is 32.1 Å². The Balaban J connectivity index is 1.85. The molecule has 15 heavy (non-hydrogen) atoms. The maximum absolute atomic E-state index is 12.0. The third-order valence-electron chi connectivity index (χ3n) is 3.68. The minimum Gasteiger partial charge on any atom is -0.352 e. The fraction of sp³-hybridized carbons (Fsp3) is 0.909. The van der Waals surface area contributed by atoms with Gasteiger partial charge in [-0.1, -0.05) is 6.42 Å². The summed E-state index contributed by atoms with van der Waals surface area (Å²) in [6.07, 6.45) is 5.49. The molecule has 2 rings (SSSR count). The van der Waals surface area contributed by atoms with Gasteiger partial charge < -0.3 is 11.1 Å². The molecule has 3 N–H and O–H groups in total. The fourth-order valence-electron chi connectivity index (χ4n) is 2.32. The Kier molecular flexibility index (Phi) is 3.57. The van der Waals surface area contributed by atoms with E-state index in [0.717, 1.165) is 31.4 Å². The first-order valence-corrected chi connectivity index (χ1v) is 7.01. The quantitative estimate of drug-likeness (QED) is 0.761. The maximum Gasteiger partial charge on any atom is 0.227 e. The number of carbonyl (C=O) groups excluding carboxylic acids is 1. The molecule has 2 aliphatic rings. The zero-order valence-corrected chi connectivity index (χ0v) is 9.94. The summed E-state index contributed by atoms with van der Waals surface area (Å²) in [4.78, 5) is 12.0. The molecule has 1 aliphatic carbocycles. The molecule has 1 atom stereocenters. The van der Waals surface area contributed by atoms with Gasteiger partial charge in [-0.3, -0.25) is 4.79 Å². The Morgan fingerprint density at radius 3 is 2.73 bits per heavy atom. The van der Waals surface area contributed by atoms with Crippen molar-refractivity contribution < 1.29 is 4.79 Å². The lowest BCUT2D eigenvalue weighted by atomic mass is 9.68. The smallest absolute Gasteiger partial charge is 0.227 e. The van der Waals surface area contributed by atoms with Crippen LogP contribution in [0.2, 0.25) is 0 Å². The van der Waals surface area contributed by atoms with Gasteiger partial charge in [0.25, 0.3) is 0 Å². The van der Waals surface area contributed by atoms with Gasteiger partial charge in [-0.25, -0.2) is 0 Å². The molecule has 1 amide bonds. The normalized spacial score (nSPS) is 29.3. The van der Waals surface area contributed by atoms with Crippen molar-refractivity contribution in [2.75, 3.05) is 18.1 Å². The molecule has 0 spiro atoms. The van der Waals surface area contributed by atoms with Crippen molar-refractivity contribution in [3.05, 3.63) is 0 Å². The zero-order valence-electron chi connectivity index (χ0n) is 9.13. The van der Waals surface area contributed by atoms with E-state index in [1.807, 2.05) is 11.8 Å². The number of hydrogen-bond donors (Lipinski definition) is 2. The summed E-state index contributed by atoms with van der Waals surface area (Å²) in [5, 5.41) is 3.17. The molecule has 1 heterocycles. The van der Waals surface area contributed by atoms with Crippen molar-refractivity contribution in [1.29, 1.82) is 0 Å². The molecule has 1 saturated heterocycles. The molecular formula is C11H20N2OS. The molecule has 0 aromatic carbocycles. The van der Waals surface area contributed by atoms with Gasteiger partial charge in [-0.05, 0) is 31.4 Å². The van der Waals surface area contributed by atoms with Crippen LogP contribution in [-0.2, 0) is 4.79 Å². The van der Waals surface area contributed by atoms with Gasteiger partial charge in [0.2, 0.25) is 5.91 Å². The lowest BCUT2D eigenvalue weighted by Gasteiger charge is -2.40. The molecule has 3 nitrogen and oxygen atoms in total. The van der Waals surface area contributed by atoms with E-state index in [0.29, 0.717) is 12.6 Å². The summed E-state index contributed by atoms with van der Waals surface area (Å²) >= 11 is 1.94. The highest BCUT2D eigenvalue weighted by molar-refractivity contribution is 7.99. The Bertz CT molecular complexity index is 229. The first kappa shape index (κ1) is 11.3. The maximum atomic E-state index is 12.0. The van der Waals surface area contributed by atoms with Crippen LogP contribution in [0.5, 0.6) is 0 Å². The number of thioether (sulfide) groups is 1. The lowest BCUT2D eigenvalue weighted by molar-refractivity contribution is -0.135. The molecule has 4 heteroatoms. The minimum absolute atomic E-state index is 0.206. The lowest BCUT2D eigenvalue weighted by Crippen LogP contribution is -2.53. The average molecular weight is 228 g/mol. The van der Waals surface area contributed by atoms with Gasteiger partial charge in [0.05, 0.1) is 5.41 Å². The van der Waals surface area contributed by atoms with Crippen molar-refractivity contribution in [2.45, 2.75) is 38.1 Å². The fourth-order valence-corrected chi connectivity index (χ4v) is 3.39. The summed E-state index contributed by atoms with van der Waals surface area (Å²) < 4.78 is 0. The summed E-state index contributed by atoms with van der Waals surface area (Å²) in [5.41, 5.74) is 5.50. The van der Waals surface area contributed by atoms with Crippen molar-refractivity contribution in [2.24, 2.45) is 11.1 Å². The summed E-state index contributed by atoms with van der Waals surface area (Å²) in [7, 11) is 0. The SMILES string of the molecule is NCC1(C(=O)NC2CCCSC2)CCC1. The molecule has 0 aromatic rings. The highest BCUT2D eigenvalue weighted by Crippen LogP contribution is 2.40. The van der Waals surface area contributed by atoms with Crippen LogP contribution in [0, 0.1) is 5.41 Å². The van der Waals surface area contributed by atoms with E-state index in [1.165, 1.54) is 12.2 Å². The van der Waals surface area contributed by atoms with Gasteiger partial charge in [-0.2, -0.15) is 11.8 Å². The van der Waals surface area contributed by atoms with E-state index in [4.69, 9.17) is 5.73 Å². The number of carbonyl (C=O) groups is 1. The van der Waals surface area contributed by atoms with Gasteiger partial charge in [0.15, 0.2) is 0 Å². The summed E-state index contributed by atoms with van der Waals surface area (Å²) in [5.74, 6) is 2.53. The first-order valence-electron chi connectivity index (χ1n) is 5.86. The van der Waals surface area contributed by atoms with E-state index in [-0.39, 0.29) is 11.3 Å². The number of amides is 1. The van der Waals surface area contributed by atoms with Gasteiger partial charge >= 0.3 is 0 Å². The highest BCUT2D eigenvalue weighted by atomic mass is 32.2. The third kappa shape index (κ3) is 2.31. The minimum atomic E-state index is -0.206. The van der Waals surface area contributed by atoms with Crippen LogP contribution in [-0.4, -0.2) is 30.0 Å². The van der Waals surface area contributed by atoms with Crippen molar-refractivity contribution in [3.8, 4) is 0 Å². The number of nitrogens with one attached hydrogen (secondary N) is 1. The molecule has 0 radical (unpaired) electrons. The van der Waals surface area contributed by atoms with Crippen LogP contribution in [0.3, 0.4) is 0 Å². The summed E-state index contributed by atoms with van der Waals surface area (Å²) in [6.45, 7) is 0.513. The second-order valence-corrected chi connectivity index (χ2v) is 5.88. The number of nitrogens with two attached hydrogens (primary N) is 1. The number of hydrogen-bond acceptors (Lipinski definition) is 3. The molecule has 0 aromatic heterocycles. The number of rotatable bonds is 3. The van der Waals surface area contributed by atoms with Crippen LogP contribution >= 0.6 is 11.8 Å². The molecule has 1 aliphatic heterocycles. The van der Waals surface area contributed by atoms with Crippen LogP contribution < -0.4 is 11.1 Å². The van der Waals surface area contributed by atoms with Gasteiger partial charge in [0, 0.05) is 18.3 Å². The van der Waals surface area contributed by atoms with Gasteiger partial charge in [0.1, 0.15) is 0 Å². The molecule has 1 saturated carbocycles. The molecule has 2 fully saturated rings. The van der Waals surface area contributed by atoms with Crippen molar-refractivity contribution in [1.82, 2.24) is 5.32 Å². The second-order valence-electron chi connectivity index (χ2n) is 4.73. The van der Waals surface area contributed by atoms with Crippen LogP contribution in [0.25, 0.3) is 0 Å². The Labute approximate surface area is 95.6 Å². The zero-order chi connectivity index (χ0) is 10.7. The molecule has 1 unspecified atom stereocenters. The predicted molar refractivity (Wildman–Crippen MR) is 63.8 cm³/mol. The predicted octanol–water partition coefficient (Wildman–Crippen LogP) is 1.13. The molecule has 86 valence electrons. The van der Waals surface area contributed by atoms with E-state index in [2.05, 4.69) is 5.32 Å².